The van der Waals surface area contributed by atoms with Gasteiger partial charge in [0.2, 0.25) is 0 Å². The standard InChI is InChI=1S/C20H19NO5/c22-18(23)20(9-10-25-12-20)21-19(24)26-11-17-15-7-3-1-5-13(15)14-6-2-4-8-16(14)17/h1-8,17H,9-12H2,(H,21,24)(H,22,23)/t20-/m1/s1. The van der Waals surface area contributed by atoms with Crippen molar-refractivity contribution in [3.63, 3.8) is 0 Å². The Morgan fingerprint density at radius 1 is 1.12 bits per heavy atom. The number of rotatable bonds is 4. The molecule has 2 aliphatic rings. The summed E-state index contributed by atoms with van der Waals surface area (Å²) < 4.78 is 10.6. The highest BCUT2D eigenvalue weighted by Gasteiger charge is 2.44. The van der Waals surface area contributed by atoms with Crippen LogP contribution in [0, 0.1) is 0 Å². The Morgan fingerprint density at radius 2 is 1.73 bits per heavy atom. The highest BCUT2D eigenvalue weighted by atomic mass is 16.6. The molecule has 1 atom stereocenters. The van der Waals surface area contributed by atoms with Gasteiger partial charge in [0.25, 0.3) is 0 Å². The average molecular weight is 353 g/mol. The van der Waals surface area contributed by atoms with Gasteiger partial charge in [0.1, 0.15) is 6.61 Å². The number of fused-ring (bicyclic) bond motifs is 3. The maximum Gasteiger partial charge on any atom is 0.408 e. The number of carbonyl (C=O) groups is 2. The van der Waals surface area contributed by atoms with Crippen molar-refractivity contribution in [2.45, 2.75) is 17.9 Å². The van der Waals surface area contributed by atoms with Crippen LogP contribution in [0.2, 0.25) is 0 Å². The van der Waals surface area contributed by atoms with Crippen LogP contribution in [0.3, 0.4) is 0 Å². The molecule has 1 aliphatic heterocycles. The van der Waals surface area contributed by atoms with Crippen molar-refractivity contribution < 1.29 is 24.2 Å². The molecule has 1 aliphatic carbocycles. The summed E-state index contributed by atoms with van der Waals surface area (Å²) in [6.07, 6.45) is -0.508. The predicted molar refractivity (Wildman–Crippen MR) is 94.0 cm³/mol. The van der Waals surface area contributed by atoms with Crippen LogP contribution < -0.4 is 5.32 Å². The van der Waals surface area contributed by atoms with Gasteiger partial charge in [0.05, 0.1) is 6.61 Å². The Kier molecular flexibility index (Phi) is 4.12. The largest absolute Gasteiger partial charge is 0.479 e. The van der Waals surface area contributed by atoms with E-state index in [9.17, 15) is 14.7 Å². The molecule has 134 valence electrons. The van der Waals surface area contributed by atoms with Crippen molar-refractivity contribution in [2.75, 3.05) is 19.8 Å². The summed E-state index contributed by atoms with van der Waals surface area (Å²) in [6, 6.07) is 16.1. The van der Waals surface area contributed by atoms with Crippen molar-refractivity contribution in [3.05, 3.63) is 59.7 Å². The lowest BCUT2D eigenvalue weighted by Crippen LogP contribution is -2.55. The minimum atomic E-state index is -1.40. The van der Waals surface area contributed by atoms with E-state index in [1.165, 1.54) is 0 Å². The quantitative estimate of drug-likeness (QED) is 0.883. The fourth-order valence-electron chi connectivity index (χ4n) is 3.72. The first kappa shape index (κ1) is 16.6. The van der Waals surface area contributed by atoms with Crippen LogP contribution in [0.4, 0.5) is 4.79 Å². The van der Waals surface area contributed by atoms with Crippen molar-refractivity contribution in [1.29, 1.82) is 0 Å². The number of hydrogen-bond acceptors (Lipinski definition) is 4. The van der Waals surface area contributed by atoms with E-state index >= 15 is 0 Å². The minimum absolute atomic E-state index is 0.0491. The van der Waals surface area contributed by atoms with Crippen LogP contribution in [0.1, 0.15) is 23.5 Å². The van der Waals surface area contributed by atoms with Crippen LogP contribution in [0.5, 0.6) is 0 Å². The number of carboxylic acid groups (broad SMARTS) is 1. The Balaban J connectivity index is 1.50. The summed E-state index contributed by atoms with van der Waals surface area (Å²) in [5, 5.41) is 11.9. The molecule has 6 heteroatoms. The Bertz CT molecular complexity index is 811. The molecule has 2 N–H and O–H groups in total. The predicted octanol–water partition coefficient (Wildman–Crippen LogP) is 2.77. The highest BCUT2D eigenvalue weighted by molar-refractivity contribution is 5.85. The molecule has 1 amide bonds. The van der Waals surface area contributed by atoms with Gasteiger partial charge in [-0.2, -0.15) is 0 Å². The molecule has 26 heavy (non-hydrogen) atoms. The smallest absolute Gasteiger partial charge is 0.408 e. The third kappa shape index (κ3) is 2.72. The molecule has 2 aromatic carbocycles. The second-order valence-corrected chi connectivity index (χ2v) is 6.64. The van der Waals surface area contributed by atoms with Crippen LogP contribution in [-0.2, 0) is 14.3 Å². The fourth-order valence-corrected chi connectivity index (χ4v) is 3.72. The maximum absolute atomic E-state index is 12.2. The molecule has 0 bridgehead atoms. The Hall–Kier alpha value is -2.86. The third-order valence-corrected chi connectivity index (χ3v) is 5.12. The summed E-state index contributed by atoms with van der Waals surface area (Å²) in [5.74, 6) is -1.17. The number of carbonyl (C=O) groups excluding carboxylic acids is 1. The molecule has 1 heterocycles. The van der Waals surface area contributed by atoms with E-state index in [2.05, 4.69) is 17.4 Å². The van der Waals surface area contributed by atoms with Gasteiger partial charge in [-0.05, 0) is 22.3 Å². The normalized spacial score (nSPS) is 21.1. The molecule has 0 aromatic heterocycles. The van der Waals surface area contributed by atoms with Gasteiger partial charge in [-0.3, -0.25) is 0 Å². The van der Waals surface area contributed by atoms with Crippen molar-refractivity contribution >= 4 is 12.1 Å². The first-order valence-electron chi connectivity index (χ1n) is 8.55. The number of alkyl carbamates (subject to hydrolysis) is 1. The average Bonchev–Trinajstić information content (AvgIpc) is 3.24. The number of benzene rings is 2. The van der Waals surface area contributed by atoms with Gasteiger partial charge in [-0.1, -0.05) is 48.5 Å². The fraction of sp³-hybridized carbons (Fsp3) is 0.300. The number of nitrogens with one attached hydrogen (secondary N) is 1. The molecular weight excluding hydrogens is 334 g/mol. The van der Waals surface area contributed by atoms with Gasteiger partial charge in [-0.15, -0.1) is 0 Å². The number of amides is 1. The Labute approximate surface area is 150 Å². The third-order valence-electron chi connectivity index (χ3n) is 5.12. The van der Waals surface area contributed by atoms with E-state index in [4.69, 9.17) is 9.47 Å². The second-order valence-electron chi connectivity index (χ2n) is 6.64. The van der Waals surface area contributed by atoms with Crippen LogP contribution >= 0.6 is 0 Å². The summed E-state index contributed by atoms with van der Waals surface area (Å²) in [7, 11) is 0. The molecule has 2 aromatic rings. The molecule has 0 radical (unpaired) electrons. The van der Waals surface area contributed by atoms with Gasteiger partial charge in [0.15, 0.2) is 5.54 Å². The SMILES string of the molecule is O=C(N[C@]1(C(=O)O)CCOC1)OCC1c2ccccc2-c2ccccc21. The van der Waals surface area contributed by atoms with Gasteiger partial charge >= 0.3 is 12.1 Å². The molecular formula is C20H19NO5. The zero-order chi connectivity index (χ0) is 18.1. The van der Waals surface area contributed by atoms with E-state index in [1.54, 1.807) is 0 Å². The summed E-state index contributed by atoms with van der Waals surface area (Å²) in [4.78, 5) is 23.7. The summed E-state index contributed by atoms with van der Waals surface area (Å²) >= 11 is 0. The molecule has 0 unspecified atom stereocenters. The van der Waals surface area contributed by atoms with E-state index in [0.717, 1.165) is 22.3 Å². The van der Waals surface area contributed by atoms with Crippen molar-refractivity contribution in [1.82, 2.24) is 5.32 Å². The molecule has 0 saturated carbocycles. The molecule has 1 fully saturated rings. The van der Waals surface area contributed by atoms with Crippen molar-refractivity contribution in [3.8, 4) is 11.1 Å². The Morgan fingerprint density at radius 3 is 2.27 bits per heavy atom. The second kappa shape index (κ2) is 6.46. The van der Waals surface area contributed by atoms with Gasteiger partial charge in [0, 0.05) is 18.9 Å². The minimum Gasteiger partial charge on any atom is -0.479 e. The van der Waals surface area contributed by atoms with E-state index in [1.807, 2.05) is 36.4 Å². The monoisotopic (exact) mass is 353 g/mol. The van der Waals surface area contributed by atoms with Gasteiger partial charge < -0.3 is 19.9 Å². The lowest BCUT2D eigenvalue weighted by Gasteiger charge is -2.24. The van der Waals surface area contributed by atoms with E-state index < -0.39 is 17.6 Å². The zero-order valence-corrected chi connectivity index (χ0v) is 14.1. The van der Waals surface area contributed by atoms with Crippen LogP contribution in [-0.4, -0.2) is 42.5 Å². The number of ether oxygens (including phenoxy) is 2. The molecule has 1 saturated heterocycles. The zero-order valence-electron chi connectivity index (χ0n) is 14.1. The number of hydrogen-bond donors (Lipinski definition) is 2. The topological polar surface area (TPSA) is 84.9 Å². The lowest BCUT2D eigenvalue weighted by molar-refractivity contribution is -0.144. The van der Waals surface area contributed by atoms with Crippen molar-refractivity contribution in [2.24, 2.45) is 0 Å². The van der Waals surface area contributed by atoms with E-state index in [-0.39, 0.29) is 25.6 Å². The van der Waals surface area contributed by atoms with Crippen LogP contribution in [0.25, 0.3) is 11.1 Å². The van der Waals surface area contributed by atoms with Crippen LogP contribution in [0.15, 0.2) is 48.5 Å². The summed E-state index contributed by atoms with van der Waals surface area (Å²) in [5.41, 5.74) is 3.10. The number of aliphatic carboxylic acids is 1. The number of carboxylic acids is 1. The lowest BCUT2D eigenvalue weighted by atomic mass is 9.98. The molecule has 4 rings (SSSR count). The van der Waals surface area contributed by atoms with Gasteiger partial charge in [-0.25, -0.2) is 9.59 Å². The molecule has 6 nitrogen and oxygen atoms in total. The van der Waals surface area contributed by atoms with E-state index in [0.29, 0.717) is 6.61 Å². The maximum atomic E-state index is 12.2. The first-order valence-corrected chi connectivity index (χ1v) is 8.55. The molecule has 0 spiro atoms. The first-order chi connectivity index (χ1) is 12.6. The summed E-state index contributed by atoms with van der Waals surface area (Å²) in [6.45, 7) is 0.402. The highest BCUT2D eigenvalue weighted by Crippen LogP contribution is 2.44.